The van der Waals surface area contributed by atoms with Crippen LogP contribution in [0.25, 0.3) is 0 Å². The van der Waals surface area contributed by atoms with Crippen molar-refractivity contribution in [1.29, 1.82) is 0 Å². The maximum atomic E-state index is 14.1. The van der Waals surface area contributed by atoms with Crippen molar-refractivity contribution in [2.75, 3.05) is 19.7 Å². The number of ether oxygens (including phenoxy) is 2. The molecule has 2 heterocycles. The van der Waals surface area contributed by atoms with Gasteiger partial charge in [-0.15, -0.1) is 9.55 Å². The summed E-state index contributed by atoms with van der Waals surface area (Å²) in [6, 6.07) is 13.2. The van der Waals surface area contributed by atoms with Gasteiger partial charge in [0.1, 0.15) is 11.6 Å². The molecule has 13 heteroatoms. The number of hydrogen-bond donors (Lipinski definition) is 4. The van der Waals surface area contributed by atoms with Gasteiger partial charge in [0.15, 0.2) is 12.1 Å². The number of H-pyrrole nitrogens is 1. The lowest BCUT2D eigenvalue weighted by atomic mass is 10.0. The number of morpholine rings is 1. The van der Waals surface area contributed by atoms with Gasteiger partial charge in [0, 0.05) is 12.1 Å². The fourth-order valence-electron chi connectivity index (χ4n) is 3.51. The Morgan fingerprint density at radius 3 is 2.61 bits per heavy atom. The van der Waals surface area contributed by atoms with E-state index in [-0.39, 0.29) is 12.4 Å². The Labute approximate surface area is 208 Å². The number of aromatic nitrogens is 3. The van der Waals surface area contributed by atoms with E-state index in [4.69, 9.17) is 25.0 Å². The van der Waals surface area contributed by atoms with Gasteiger partial charge in [0.25, 0.3) is 0 Å². The van der Waals surface area contributed by atoms with Crippen LogP contribution in [0.1, 0.15) is 29.4 Å². The molecule has 2 aromatic carbocycles. The molecule has 1 aromatic heterocycles. The van der Waals surface area contributed by atoms with Gasteiger partial charge in [0.05, 0.1) is 26.3 Å². The van der Waals surface area contributed by atoms with Crippen LogP contribution in [-0.4, -0.2) is 55.2 Å². The molecule has 0 aliphatic carbocycles. The quantitative estimate of drug-likeness (QED) is 0.272. The van der Waals surface area contributed by atoms with Gasteiger partial charge in [-0.05, 0) is 37.6 Å². The molecule has 1 fully saturated rings. The van der Waals surface area contributed by atoms with Crippen LogP contribution in [0.5, 0.6) is 0 Å². The van der Waals surface area contributed by atoms with E-state index in [0.29, 0.717) is 42.1 Å². The fourth-order valence-corrected chi connectivity index (χ4v) is 3.91. The van der Waals surface area contributed by atoms with E-state index in [9.17, 15) is 13.6 Å². The molecule has 4 rings (SSSR count). The number of nitrogens with two attached hydrogens (primary N) is 1. The van der Waals surface area contributed by atoms with Crippen molar-refractivity contribution in [3.05, 3.63) is 87.3 Å². The average Bonchev–Trinajstić information content (AvgIpc) is 3.18. The van der Waals surface area contributed by atoms with Gasteiger partial charge in [0.2, 0.25) is 0 Å². The van der Waals surface area contributed by atoms with Crippen LogP contribution in [0.4, 0.5) is 8.78 Å². The minimum Gasteiger partial charge on any atom is -0.350 e. The van der Waals surface area contributed by atoms with Gasteiger partial charge in [-0.3, -0.25) is 15.6 Å². The number of aryl methyl sites for hydroxylation is 1. The standard InChI is InChI=1S/C17H25FN5O5P.C6H5F/c1-11-5-12(7-13(6-11)17(2,18)19)10-28-15-9-22(3-4-27-15)8-14-20-16(24)23(21-14)29(25)26;7-6-4-2-1-3-5-6/h5-7,15,25-26H,3-4,8-10,19H2,1-2H3,(H,20,21,24);1-5H/t15-,17?;/m1./s1. The average molecular weight is 525 g/mol. The Kier molecular flexibility index (Phi) is 9.80. The van der Waals surface area contributed by atoms with E-state index in [1.807, 2.05) is 17.9 Å². The maximum absolute atomic E-state index is 14.1. The van der Waals surface area contributed by atoms with E-state index in [1.165, 1.54) is 19.1 Å². The van der Waals surface area contributed by atoms with Crippen molar-refractivity contribution < 1.29 is 28.0 Å². The molecule has 10 nitrogen and oxygen atoms in total. The molecule has 196 valence electrons. The van der Waals surface area contributed by atoms with Crippen LogP contribution in [0.15, 0.2) is 53.3 Å². The van der Waals surface area contributed by atoms with Crippen LogP contribution in [0.3, 0.4) is 0 Å². The molecule has 1 aliphatic heterocycles. The zero-order chi connectivity index (χ0) is 26.3. The summed E-state index contributed by atoms with van der Waals surface area (Å²) < 4.78 is 38.0. The van der Waals surface area contributed by atoms with Crippen LogP contribution >= 0.6 is 8.53 Å². The summed E-state index contributed by atoms with van der Waals surface area (Å²) in [5.74, 6) is -1.79. The lowest BCUT2D eigenvalue weighted by Crippen LogP contribution is -2.43. The fraction of sp³-hybridized carbons (Fsp3) is 0.391. The maximum Gasteiger partial charge on any atom is 0.350 e. The van der Waals surface area contributed by atoms with E-state index in [0.717, 1.165) is 11.1 Å². The lowest BCUT2D eigenvalue weighted by Gasteiger charge is -2.32. The first-order chi connectivity index (χ1) is 17.0. The zero-order valence-electron chi connectivity index (χ0n) is 20.0. The van der Waals surface area contributed by atoms with Crippen LogP contribution < -0.4 is 11.4 Å². The molecule has 0 bridgehead atoms. The molecular weight excluding hydrogens is 495 g/mol. The topological polar surface area (TPSA) is 139 Å². The second-order valence-corrected chi connectivity index (χ2v) is 9.38. The summed E-state index contributed by atoms with van der Waals surface area (Å²) in [4.78, 5) is 34.4. The number of hydrogen-bond acceptors (Lipinski definition) is 8. The van der Waals surface area contributed by atoms with Crippen molar-refractivity contribution in [2.24, 2.45) is 5.73 Å². The normalized spacial score (nSPS) is 17.9. The Morgan fingerprint density at radius 2 is 2.03 bits per heavy atom. The predicted molar refractivity (Wildman–Crippen MR) is 130 cm³/mol. The summed E-state index contributed by atoms with van der Waals surface area (Å²) >= 11 is 0. The van der Waals surface area contributed by atoms with E-state index >= 15 is 0 Å². The van der Waals surface area contributed by atoms with E-state index < -0.39 is 26.3 Å². The third-order valence-electron chi connectivity index (χ3n) is 5.18. The highest BCUT2D eigenvalue weighted by Crippen LogP contribution is 2.23. The Bertz CT molecular complexity index is 1170. The van der Waals surface area contributed by atoms with Gasteiger partial charge in [-0.25, -0.2) is 13.6 Å². The second-order valence-electron chi connectivity index (χ2n) is 8.46. The minimum atomic E-state index is -2.61. The first kappa shape index (κ1) is 28.0. The highest BCUT2D eigenvalue weighted by molar-refractivity contribution is 7.43. The minimum absolute atomic E-state index is 0.178. The smallest absolute Gasteiger partial charge is 0.350 e. The third-order valence-corrected chi connectivity index (χ3v) is 5.79. The number of aromatic amines is 1. The summed E-state index contributed by atoms with van der Waals surface area (Å²) in [5.41, 5.74) is 6.94. The van der Waals surface area contributed by atoms with Gasteiger partial charge >= 0.3 is 14.2 Å². The second kappa shape index (κ2) is 12.6. The Balaban J connectivity index is 0.000000444. The van der Waals surface area contributed by atoms with Crippen molar-refractivity contribution in [3.63, 3.8) is 0 Å². The number of alkyl halides is 1. The van der Waals surface area contributed by atoms with Crippen LogP contribution in [0, 0.1) is 12.7 Å². The van der Waals surface area contributed by atoms with Crippen LogP contribution in [0.2, 0.25) is 0 Å². The third kappa shape index (κ3) is 8.52. The van der Waals surface area contributed by atoms with E-state index in [2.05, 4.69) is 10.1 Å². The van der Waals surface area contributed by atoms with Gasteiger partial charge < -0.3 is 19.3 Å². The highest BCUT2D eigenvalue weighted by Gasteiger charge is 2.24. The molecular formula is C23H30F2N5O5P. The van der Waals surface area contributed by atoms with Crippen molar-refractivity contribution >= 4 is 8.53 Å². The molecule has 0 saturated carbocycles. The number of rotatable bonds is 7. The van der Waals surface area contributed by atoms with Crippen molar-refractivity contribution in [2.45, 2.75) is 39.1 Å². The number of nitrogens with zero attached hydrogens (tertiary/aromatic N) is 3. The van der Waals surface area contributed by atoms with Gasteiger partial charge in [-0.2, -0.15) is 0 Å². The number of nitrogens with one attached hydrogen (secondary N) is 1. The zero-order valence-corrected chi connectivity index (χ0v) is 20.9. The molecule has 5 N–H and O–H groups in total. The predicted octanol–water partition coefficient (Wildman–Crippen LogP) is 2.24. The summed E-state index contributed by atoms with van der Waals surface area (Å²) in [5, 5.41) is 3.87. The molecule has 0 amide bonds. The highest BCUT2D eigenvalue weighted by atomic mass is 31.2. The first-order valence-corrected chi connectivity index (χ1v) is 12.3. The SMILES string of the molecule is Cc1cc(CO[C@@H]2CN(Cc3nn(P(O)O)c(=O)[nH]3)CCO2)cc(C(C)(N)F)c1.Fc1ccccc1. The molecule has 3 aromatic rings. The summed E-state index contributed by atoms with van der Waals surface area (Å²) in [7, 11) is -2.61. The molecule has 0 radical (unpaired) electrons. The lowest BCUT2D eigenvalue weighted by molar-refractivity contribution is -0.186. The van der Waals surface area contributed by atoms with Gasteiger partial charge in [-0.1, -0.05) is 35.9 Å². The molecule has 1 saturated heterocycles. The molecule has 36 heavy (non-hydrogen) atoms. The van der Waals surface area contributed by atoms with E-state index in [1.54, 1.807) is 30.3 Å². The molecule has 1 unspecified atom stereocenters. The monoisotopic (exact) mass is 525 g/mol. The first-order valence-electron chi connectivity index (χ1n) is 11.1. The molecule has 1 aliphatic rings. The number of benzene rings is 2. The largest absolute Gasteiger partial charge is 0.350 e. The van der Waals surface area contributed by atoms with Crippen molar-refractivity contribution in [1.82, 2.24) is 19.4 Å². The Hall–Kier alpha value is -2.57. The Morgan fingerprint density at radius 1 is 1.31 bits per heavy atom. The number of halogens is 2. The molecule has 0 spiro atoms. The summed E-state index contributed by atoms with van der Waals surface area (Å²) in [6.07, 6.45) is -0.510. The summed E-state index contributed by atoms with van der Waals surface area (Å²) in [6.45, 7) is 5.15. The van der Waals surface area contributed by atoms with Crippen molar-refractivity contribution in [3.8, 4) is 0 Å². The molecule has 2 atom stereocenters. The van der Waals surface area contributed by atoms with Crippen LogP contribution in [-0.2, 0) is 28.4 Å².